The fraction of sp³-hybridized carbons (Fsp3) is 1.00. The van der Waals surface area contributed by atoms with Gasteiger partial charge in [-0.3, -0.25) is 0 Å². The highest BCUT2D eigenvalue weighted by atomic mass is 32.9. The van der Waals surface area contributed by atoms with Gasteiger partial charge in [0, 0.05) is 0 Å². The second kappa shape index (κ2) is 10.9. The summed E-state index contributed by atoms with van der Waals surface area (Å²) in [5.74, 6) is 1.89. The van der Waals surface area contributed by atoms with E-state index in [1.165, 1.54) is 32.1 Å². The van der Waals surface area contributed by atoms with E-state index in [2.05, 4.69) is 26.1 Å². The molecule has 0 heterocycles. The molecule has 0 aliphatic heterocycles. The lowest BCUT2D eigenvalue weighted by Crippen LogP contribution is -2.04. The lowest BCUT2D eigenvalue weighted by atomic mass is 10.1. The fourth-order valence-electron chi connectivity index (χ4n) is 1.71. The van der Waals surface area contributed by atoms with Crippen molar-refractivity contribution in [3.8, 4) is 0 Å². The summed E-state index contributed by atoms with van der Waals surface area (Å²) in [6.45, 7) is 4.36. The molecule has 0 bridgehead atoms. The Balaban J connectivity index is 3.87. The predicted molar refractivity (Wildman–Crippen MR) is 85.7 cm³/mol. The van der Waals surface area contributed by atoms with E-state index in [0.717, 1.165) is 30.8 Å². The fourth-order valence-corrected chi connectivity index (χ4v) is 7.27. The topological polar surface area (TPSA) is 40.5 Å². The first-order valence-electron chi connectivity index (χ1n) is 6.77. The van der Waals surface area contributed by atoms with Crippen LogP contribution in [-0.2, 0) is 10.1 Å². The summed E-state index contributed by atoms with van der Waals surface area (Å²) in [5, 5.41) is 0. The molecule has 0 amide bonds. The highest BCUT2D eigenvalue weighted by Crippen LogP contribution is 2.47. The maximum Gasteiger partial charge on any atom is 0.198 e. The molecule has 2 N–H and O–H groups in total. The van der Waals surface area contributed by atoms with Crippen LogP contribution in [-0.4, -0.2) is 21.3 Å². The van der Waals surface area contributed by atoms with Crippen LogP contribution < -0.4 is 0 Å². The van der Waals surface area contributed by atoms with E-state index in [0.29, 0.717) is 0 Å². The van der Waals surface area contributed by atoms with Gasteiger partial charge in [-0.1, -0.05) is 64.6 Å². The second-order valence-electron chi connectivity index (χ2n) is 4.51. The summed E-state index contributed by atoms with van der Waals surface area (Å²) in [5.41, 5.74) is -2.89. The van der Waals surface area contributed by atoms with Crippen molar-refractivity contribution in [2.24, 2.45) is 0 Å². The molecule has 17 heavy (non-hydrogen) atoms. The molecule has 0 saturated carbocycles. The van der Waals surface area contributed by atoms with Crippen molar-refractivity contribution < 1.29 is 9.79 Å². The Kier molecular flexibility index (Phi) is 11.6. The molecule has 0 saturated heterocycles. The SMILES string of the molecule is CCCCCCCCS(CCCC)=P(O)(O)S. The zero-order chi connectivity index (χ0) is 13.1. The summed E-state index contributed by atoms with van der Waals surface area (Å²) in [4.78, 5) is 19.4. The lowest BCUT2D eigenvalue weighted by Gasteiger charge is -2.16. The minimum atomic E-state index is -2.89. The second-order valence-corrected chi connectivity index (χ2v) is 12.8. The van der Waals surface area contributed by atoms with Crippen molar-refractivity contribution in [1.29, 1.82) is 0 Å². The Morgan fingerprint density at radius 1 is 0.824 bits per heavy atom. The summed E-state index contributed by atoms with van der Waals surface area (Å²) < 4.78 is 0. The third kappa shape index (κ3) is 10.6. The normalized spacial score (nSPS) is 13.9. The van der Waals surface area contributed by atoms with Gasteiger partial charge < -0.3 is 9.79 Å². The van der Waals surface area contributed by atoms with Crippen LogP contribution in [0.25, 0.3) is 0 Å². The molecule has 2 nitrogen and oxygen atoms in total. The molecule has 0 radical (unpaired) electrons. The summed E-state index contributed by atoms with van der Waals surface area (Å²) in [6.07, 6.45) is 9.76. The van der Waals surface area contributed by atoms with Crippen LogP contribution in [0.5, 0.6) is 0 Å². The van der Waals surface area contributed by atoms with Gasteiger partial charge in [-0.2, -0.15) is 0 Å². The molecule has 0 aromatic rings. The van der Waals surface area contributed by atoms with Crippen molar-refractivity contribution in [2.45, 2.75) is 65.2 Å². The van der Waals surface area contributed by atoms with E-state index < -0.39 is 5.69 Å². The van der Waals surface area contributed by atoms with Crippen LogP contribution in [0, 0.1) is 0 Å². The Morgan fingerprint density at radius 2 is 1.29 bits per heavy atom. The number of unbranched alkanes of at least 4 members (excludes halogenated alkanes) is 6. The molecule has 0 aromatic carbocycles. The van der Waals surface area contributed by atoms with Gasteiger partial charge in [-0.15, -0.1) is 10.1 Å². The molecule has 0 aliphatic carbocycles. The predicted octanol–water partition coefficient (Wildman–Crippen LogP) is 4.36. The Morgan fingerprint density at radius 3 is 1.82 bits per heavy atom. The minimum absolute atomic E-state index is 0.262. The average Bonchev–Trinajstić information content (AvgIpc) is 2.25. The van der Waals surface area contributed by atoms with Crippen LogP contribution in [0.15, 0.2) is 0 Å². The standard InChI is InChI=1S/C12H29O2PS2/c1-3-5-7-8-9-10-12-17(11-6-4-2)15(13,14)16/h13-14,16H,3-12H2,1-2H3. The molecule has 0 rings (SSSR count). The first kappa shape index (κ1) is 18.0. The summed E-state index contributed by atoms with van der Waals surface area (Å²) in [6, 6.07) is 0. The molecule has 1 unspecified atom stereocenters. The average molecular weight is 300 g/mol. The number of hydrogen-bond acceptors (Lipinski definition) is 0. The maximum absolute atomic E-state index is 9.69. The van der Waals surface area contributed by atoms with Crippen molar-refractivity contribution in [1.82, 2.24) is 0 Å². The van der Waals surface area contributed by atoms with Gasteiger partial charge in [0.1, 0.15) is 0 Å². The molecule has 0 aromatic heterocycles. The first-order chi connectivity index (χ1) is 8.02. The van der Waals surface area contributed by atoms with Gasteiger partial charge in [-0.25, -0.2) is 0 Å². The van der Waals surface area contributed by atoms with Crippen LogP contribution in [0.3, 0.4) is 0 Å². The smallest absolute Gasteiger partial charge is 0.198 e. The van der Waals surface area contributed by atoms with E-state index in [9.17, 15) is 9.79 Å². The Labute approximate surface area is 114 Å². The molecule has 5 heteroatoms. The van der Waals surface area contributed by atoms with Crippen molar-refractivity contribution in [2.75, 3.05) is 11.5 Å². The van der Waals surface area contributed by atoms with Crippen LogP contribution >= 0.6 is 17.9 Å². The highest BCUT2D eigenvalue weighted by molar-refractivity contribution is 8.65. The Hall–Kier alpha value is 1.05. The molecule has 0 spiro atoms. The Bertz CT molecular complexity index is 230. The molecular weight excluding hydrogens is 271 g/mol. The van der Waals surface area contributed by atoms with E-state index in [-0.39, 0.29) is 10.1 Å². The minimum Gasteiger partial charge on any atom is -0.341 e. The summed E-state index contributed by atoms with van der Waals surface area (Å²) in [7, 11) is -0.262. The van der Waals surface area contributed by atoms with Gasteiger partial charge in [0.25, 0.3) is 0 Å². The molecule has 106 valence electrons. The largest absolute Gasteiger partial charge is 0.341 e. The van der Waals surface area contributed by atoms with Gasteiger partial charge in [0.15, 0.2) is 5.69 Å². The van der Waals surface area contributed by atoms with E-state index in [4.69, 9.17) is 0 Å². The number of hydrogen-bond donors (Lipinski definition) is 3. The maximum atomic E-state index is 9.69. The zero-order valence-electron chi connectivity index (χ0n) is 11.3. The molecule has 0 aliphatic rings. The third-order valence-electron chi connectivity index (χ3n) is 2.81. The number of thiol groups is 1. The van der Waals surface area contributed by atoms with Crippen molar-refractivity contribution in [3.63, 3.8) is 0 Å². The van der Waals surface area contributed by atoms with Crippen molar-refractivity contribution >= 4 is 28.0 Å². The van der Waals surface area contributed by atoms with Crippen molar-refractivity contribution in [3.05, 3.63) is 0 Å². The van der Waals surface area contributed by atoms with E-state index >= 15 is 0 Å². The quantitative estimate of drug-likeness (QED) is 0.319. The molecular formula is C12H29O2PS2. The van der Waals surface area contributed by atoms with E-state index in [1.807, 2.05) is 0 Å². The van der Waals surface area contributed by atoms with Gasteiger partial charge in [-0.05, 0) is 24.3 Å². The summed E-state index contributed by atoms with van der Waals surface area (Å²) >= 11 is 4.02. The molecule has 0 fully saturated rings. The monoisotopic (exact) mass is 300 g/mol. The highest BCUT2D eigenvalue weighted by Gasteiger charge is 2.10. The van der Waals surface area contributed by atoms with Gasteiger partial charge in [0.05, 0.1) is 0 Å². The first-order valence-corrected chi connectivity index (χ1v) is 11.8. The number of rotatable bonds is 10. The lowest BCUT2D eigenvalue weighted by molar-refractivity contribution is 0.502. The van der Waals surface area contributed by atoms with Crippen LogP contribution in [0.4, 0.5) is 0 Å². The van der Waals surface area contributed by atoms with Gasteiger partial charge >= 0.3 is 0 Å². The van der Waals surface area contributed by atoms with Crippen LogP contribution in [0.1, 0.15) is 65.2 Å². The van der Waals surface area contributed by atoms with Crippen LogP contribution in [0.2, 0.25) is 0 Å². The zero-order valence-corrected chi connectivity index (χ0v) is 13.9. The molecule has 1 atom stereocenters. The third-order valence-corrected chi connectivity index (χ3v) is 10.3. The van der Waals surface area contributed by atoms with Gasteiger partial charge in [0.2, 0.25) is 0 Å². The van der Waals surface area contributed by atoms with E-state index in [1.54, 1.807) is 0 Å².